The van der Waals surface area contributed by atoms with Crippen LogP contribution < -0.4 is 0 Å². The number of carbonyl (C=O) groups is 3. The average Bonchev–Trinajstić information content (AvgIpc) is 2.93. The molecule has 106 valence electrons. The van der Waals surface area contributed by atoms with Gasteiger partial charge < -0.3 is 9.30 Å². The number of carbonyl (C=O) groups excluding carboxylic acids is 3. The molecule has 6 nitrogen and oxygen atoms in total. The van der Waals surface area contributed by atoms with E-state index in [1.165, 1.54) is 14.0 Å². The van der Waals surface area contributed by atoms with Crippen molar-refractivity contribution in [3.8, 4) is 0 Å². The summed E-state index contributed by atoms with van der Waals surface area (Å²) in [5.74, 6) is -1.09. The van der Waals surface area contributed by atoms with E-state index in [1.54, 1.807) is 6.08 Å². The maximum atomic E-state index is 12.2. The lowest BCUT2D eigenvalue weighted by Crippen LogP contribution is -2.42. The molecule has 1 aliphatic heterocycles. The Morgan fingerprint density at radius 3 is 2.70 bits per heavy atom. The Bertz CT molecular complexity index is 605. The summed E-state index contributed by atoms with van der Waals surface area (Å²) in [5, 5.41) is -0.464. The van der Waals surface area contributed by atoms with Gasteiger partial charge in [0.25, 0.3) is 11.1 Å². The van der Waals surface area contributed by atoms with E-state index in [2.05, 4.69) is 4.74 Å². The molecule has 1 atom stereocenters. The molecule has 0 radical (unpaired) electrons. The van der Waals surface area contributed by atoms with E-state index in [0.717, 1.165) is 22.4 Å². The second-order valence-corrected chi connectivity index (χ2v) is 5.29. The Morgan fingerprint density at radius 1 is 1.45 bits per heavy atom. The minimum absolute atomic E-state index is 0.299. The number of thioether (sulfide) groups is 1. The summed E-state index contributed by atoms with van der Waals surface area (Å²) >= 11 is 0.822. The number of hydrogen-bond donors (Lipinski definition) is 0. The minimum Gasteiger partial charge on any atom is -0.467 e. The summed E-state index contributed by atoms with van der Waals surface area (Å²) in [5.41, 5.74) is 0.807. The number of hydrogen-bond acceptors (Lipinski definition) is 5. The molecule has 20 heavy (non-hydrogen) atoms. The van der Waals surface area contributed by atoms with Gasteiger partial charge in [0, 0.05) is 18.9 Å². The summed E-state index contributed by atoms with van der Waals surface area (Å²) in [4.78, 5) is 36.8. The van der Waals surface area contributed by atoms with Crippen LogP contribution in [-0.4, -0.2) is 39.7 Å². The zero-order valence-electron chi connectivity index (χ0n) is 11.3. The topological polar surface area (TPSA) is 68.6 Å². The summed E-state index contributed by atoms with van der Waals surface area (Å²) in [6.07, 6.45) is 3.47. The van der Waals surface area contributed by atoms with Crippen molar-refractivity contribution >= 4 is 35.0 Å². The molecular weight excluding hydrogens is 280 g/mol. The fourth-order valence-electron chi connectivity index (χ4n) is 1.85. The van der Waals surface area contributed by atoms with Crippen LogP contribution in [0.25, 0.3) is 6.08 Å². The quantitative estimate of drug-likeness (QED) is 0.626. The smallest absolute Gasteiger partial charge is 0.328 e. The van der Waals surface area contributed by atoms with Crippen molar-refractivity contribution in [1.29, 1.82) is 0 Å². The first-order chi connectivity index (χ1) is 9.45. The maximum Gasteiger partial charge on any atom is 0.328 e. The van der Waals surface area contributed by atoms with Gasteiger partial charge in [0.15, 0.2) is 0 Å². The number of aryl methyl sites for hydroxylation is 1. The van der Waals surface area contributed by atoms with Crippen LogP contribution >= 0.6 is 11.8 Å². The molecule has 0 aliphatic carbocycles. The molecule has 1 aromatic heterocycles. The number of rotatable bonds is 3. The van der Waals surface area contributed by atoms with Crippen molar-refractivity contribution in [3.05, 3.63) is 28.9 Å². The first kappa shape index (κ1) is 14.4. The molecule has 1 aromatic rings. The Balaban J connectivity index is 2.27. The number of ether oxygens (including phenoxy) is 1. The molecule has 2 rings (SSSR count). The fraction of sp³-hybridized carbons (Fsp3) is 0.308. The van der Waals surface area contributed by atoms with Gasteiger partial charge >= 0.3 is 5.97 Å². The van der Waals surface area contributed by atoms with E-state index < -0.39 is 23.2 Å². The Hall–Kier alpha value is -2.02. The third-order valence-electron chi connectivity index (χ3n) is 3.02. The van der Waals surface area contributed by atoms with Gasteiger partial charge in [0.1, 0.15) is 6.04 Å². The number of methoxy groups -OCH3 is 1. The number of nitrogens with zero attached hydrogens (tertiary/aromatic N) is 2. The zero-order chi connectivity index (χ0) is 14.9. The summed E-state index contributed by atoms with van der Waals surface area (Å²) in [6.45, 7) is 1.47. The van der Waals surface area contributed by atoms with E-state index in [9.17, 15) is 14.4 Å². The summed E-state index contributed by atoms with van der Waals surface area (Å²) in [6, 6.07) is 2.75. The maximum absolute atomic E-state index is 12.2. The molecule has 0 unspecified atom stereocenters. The van der Waals surface area contributed by atoms with Crippen LogP contribution in [0.5, 0.6) is 0 Å². The highest BCUT2D eigenvalue weighted by atomic mass is 32.2. The highest BCUT2D eigenvalue weighted by Gasteiger charge is 2.41. The predicted molar refractivity (Wildman–Crippen MR) is 74.7 cm³/mol. The normalized spacial score (nSPS) is 18.8. The van der Waals surface area contributed by atoms with E-state index in [4.69, 9.17) is 0 Å². The summed E-state index contributed by atoms with van der Waals surface area (Å²) in [7, 11) is 3.06. The van der Waals surface area contributed by atoms with Crippen LogP contribution in [0.4, 0.5) is 4.79 Å². The molecule has 1 fully saturated rings. The molecule has 0 bridgehead atoms. The Kier molecular flexibility index (Phi) is 3.99. The van der Waals surface area contributed by atoms with Gasteiger partial charge in [-0.3, -0.25) is 14.5 Å². The molecule has 0 N–H and O–H groups in total. The van der Waals surface area contributed by atoms with Gasteiger partial charge in [-0.25, -0.2) is 4.79 Å². The van der Waals surface area contributed by atoms with Crippen LogP contribution in [0.3, 0.4) is 0 Å². The lowest BCUT2D eigenvalue weighted by Gasteiger charge is -2.18. The molecule has 7 heteroatoms. The van der Waals surface area contributed by atoms with Crippen molar-refractivity contribution in [2.75, 3.05) is 7.11 Å². The van der Waals surface area contributed by atoms with Crippen molar-refractivity contribution in [2.24, 2.45) is 7.05 Å². The molecule has 1 aliphatic rings. The number of esters is 1. The van der Waals surface area contributed by atoms with Crippen LogP contribution in [0.15, 0.2) is 23.2 Å². The Morgan fingerprint density at radius 2 is 2.15 bits per heavy atom. The SMILES string of the molecule is COC(=O)[C@H](C)N1C(=O)SC(=Cc2cccn2C)C1=O. The predicted octanol–water partition coefficient (Wildman–Crippen LogP) is 1.62. The van der Waals surface area contributed by atoms with Crippen LogP contribution in [0, 0.1) is 0 Å². The van der Waals surface area contributed by atoms with Crippen LogP contribution in [0.1, 0.15) is 12.6 Å². The van der Waals surface area contributed by atoms with E-state index in [-0.39, 0.29) is 0 Å². The van der Waals surface area contributed by atoms with Gasteiger partial charge in [-0.05, 0) is 36.9 Å². The standard InChI is InChI=1S/C13H14N2O4S/c1-8(12(17)19-3)15-11(16)10(20-13(15)18)7-9-5-4-6-14(9)2/h4-8H,1-3H3/t8-/m0/s1. The molecular formula is C13H14N2O4S. The fourth-order valence-corrected chi connectivity index (χ4v) is 2.74. The second kappa shape index (κ2) is 5.54. The highest BCUT2D eigenvalue weighted by Crippen LogP contribution is 2.33. The third kappa shape index (κ3) is 2.49. The number of imide groups is 1. The zero-order valence-corrected chi connectivity index (χ0v) is 12.1. The molecule has 1 saturated heterocycles. The van der Waals surface area contributed by atoms with Crippen LogP contribution in [-0.2, 0) is 21.4 Å². The van der Waals surface area contributed by atoms with Crippen molar-refractivity contribution in [3.63, 3.8) is 0 Å². The molecule has 0 saturated carbocycles. The third-order valence-corrected chi connectivity index (χ3v) is 3.90. The van der Waals surface area contributed by atoms with Gasteiger partial charge in [-0.1, -0.05) is 0 Å². The first-order valence-electron chi connectivity index (χ1n) is 5.92. The van der Waals surface area contributed by atoms with Crippen molar-refractivity contribution in [1.82, 2.24) is 9.47 Å². The van der Waals surface area contributed by atoms with Gasteiger partial charge in [-0.2, -0.15) is 0 Å². The van der Waals surface area contributed by atoms with Crippen LogP contribution in [0.2, 0.25) is 0 Å². The van der Waals surface area contributed by atoms with Crippen molar-refractivity contribution < 1.29 is 19.1 Å². The molecule has 2 amide bonds. The summed E-state index contributed by atoms with van der Waals surface area (Å²) < 4.78 is 6.39. The molecule has 2 heterocycles. The lowest BCUT2D eigenvalue weighted by atomic mass is 10.2. The second-order valence-electron chi connectivity index (χ2n) is 4.29. The van der Waals surface area contributed by atoms with Gasteiger partial charge in [0.2, 0.25) is 0 Å². The monoisotopic (exact) mass is 294 g/mol. The largest absolute Gasteiger partial charge is 0.467 e. The highest BCUT2D eigenvalue weighted by molar-refractivity contribution is 8.18. The first-order valence-corrected chi connectivity index (χ1v) is 6.73. The van der Waals surface area contributed by atoms with E-state index in [1.807, 2.05) is 29.9 Å². The van der Waals surface area contributed by atoms with E-state index >= 15 is 0 Å². The van der Waals surface area contributed by atoms with Gasteiger partial charge in [0.05, 0.1) is 12.0 Å². The van der Waals surface area contributed by atoms with Gasteiger partial charge in [-0.15, -0.1) is 0 Å². The molecule has 0 spiro atoms. The minimum atomic E-state index is -0.924. The average molecular weight is 294 g/mol. The number of amides is 2. The molecule has 0 aromatic carbocycles. The lowest BCUT2D eigenvalue weighted by molar-refractivity contribution is -0.148. The van der Waals surface area contributed by atoms with Crippen molar-refractivity contribution in [2.45, 2.75) is 13.0 Å². The number of aromatic nitrogens is 1. The van der Waals surface area contributed by atoms with E-state index in [0.29, 0.717) is 4.91 Å². The Labute approximate surface area is 120 Å².